The van der Waals surface area contributed by atoms with Crippen LogP contribution in [0.25, 0.3) is 11.1 Å². The van der Waals surface area contributed by atoms with Gasteiger partial charge in [-0.2, -0.15) is 0 Å². The molecule has 0 saturated carbocycles. The lowest BCUT2D eigenvalue weighted by Gasteiger charge is -2.26. The Morgan fingerprint density at radius 2 is 1.76 bits per heavy atom. The summed E-state index contributed by atoms with van der Waals surface area (Å²) in [5, 5.41) is 0.534. The number of oxazole rings is 1. The maximum Gasteiger partial charge on any atom is 0.303 e. The van der Waals surface area contributed by atoms with Crippen LogP contribution >= 0.6 is 11.6 Å². The number of amides is 1. The van der Waals surface area contributed by atoms with Gasteiger partial charge in [-0.25, -0.2) is 4.98 Å². The Bertz CT molecular complexity index is 1290. The molecule has 0 saturated heterocycles. The third kappa shape index (κ3) is 5.41. The van der Waals surface area contributed by atoms with Gasteiger partial charge in [0.05, 0.1) is 6.54 Å². The van der Waals surface area contributed by atoms with Crippen molar-refractivity contribution >= 4 is 34.6 Å². The van der Waals surface area contributed by atoms with Crippen LogP contribution in [0.4, 0.5) is 0 Å². The van der Waals surface area contributed by atoms with Gasteiger partial charge in [0.25, 0.3) is 5.91 Å². The van der Waals surface area contributed by atoms with Crippen LogP contribution in [0.1, 0.15) is 35.6 Å². The van der Waals surface area contributed by atoms with Crippen molar-refractivity contribution < 1.29 is 18.7 Å². The summed E-state index contributed by atoms with van der Waals surface area (Å²) in [6, 6.07) is 21.9. The van der Waals surface area contributed by atoms with Gasteiger partial charge in [0.1, 0.15) is 5.52 Å². The van der Waals surface area contributed by atoms with Gasteiger partial charge < -0.3 is 14.1 Å². The van der Waals surface area contributed by atoms with E-state index in [0.717, 1.165) is 16.6 Å². The average Bonchev–Trinajstić information content (AvgIpc) is 3.20. The number of ether oxygens (including phenoxy) is 1. The first-order valence-corrected chi connectivity index (χ1v) is 10.9. The highest BCUT2D eigenvalue weighted by atomic mass is 35.5. The monoisotopic (exact) mass is 462 g/mol. The van der Waals surface area contributed by atoms with E-state index < -0.39 is 18.0 Å². The molecule has 4 aromatic rings. The molecule has 4 rings (SSSR count). The molecule has 0 aliphatic carbocycles. The number of nitrogens with zero attached hydrogens (tertiary/aromatic N) is 2. The lowest BCUT2D eigenvalue weighted by Crippen LogP contribution is -2.36. The molecule has 0 spiro atoms. The number of rotatable bonds is 7. The highest BCUT2D eigenvalue weighted by molar-refractivity contribution is 6.31. The maximum atomic E-state index is 13.7. The Labute approximate surface area is 196 Å². The smallest absolute Gasteiger partial charge is 0.303 e. The van der Waals surface area contributed by atoms with E-state index >= 15 is 0 Å². The van der Waals surface area contributed by atoms with Gasteiger partial charge in [-0.1, -0.05) is 66.2 Å². The lowest BCUT2D eigenvalue weighted by atomic mass is 10.1. The number of carbonyl (C=O) groups excluding carboxylic acids is 2. The third-order valence-corrected chi connectivity index (χ3v) is 5.52. The minimum atomic E-state index is -1.10. The molecule has 0 unspecified atom stereocenters. The van der Waals surface area contributed by atoms with Gasteiger partial charge in [0.15, 0.2) is 5.58 Å². The normalized spacial score (nSPS) is 11.8. The van der Waals surface area contributed by atoms with Crippen molar-refractivity contribution in [2.75, 3.05) is 0 Å². The molecule has 1 amide bonds. The van der Waals surface area contributed by atoms with Crippen LogP contribution in [0.3, 0.4) is 0 Å². The van der Waals surface area contributed by atoms with Crippen LogP contribution in [0.15, 0.2) is 77.2 Å². The predicted molar refractivity (Wildman–Crippen MR) is 125 cm³/mol. The van der Waals surface area contributed by atoms with Crippen LogP contribution < -0.4 is 0 Å². The molecule has 7 heteroatoms. The second-order valence-electron chi connectivity index (χ2n) is 7.76. The molecular formula is C26H23ClN2O4. The highest BCUT2D eigenvalue weighted by Gasteiger charge is 2.30. The minimum absolute atomic E-state index is 0.0857. The highest BCUT2D eigenvalue weighted by Crippen LogP contribution is 2.26. The van der Waals surface area contributed by atoms with Crippen LogP contribution in [-0.2, 0) is 27.4 Å². The Hall–Kier alpha value is -3.64. The molecule has 0 aliphatic rings. The van der Waals surface area contributed by atoms with E-state index in [1.807, 2.05) is 49.4 Å². The molecule has 1 heterocycles. The Morgan fingerprint density at radius 3 is 2.48 bits per heavy atom. The zero-order valence-electron chi connectivity index (χ0n) is 18.3. The van der Waals surface area contributed by atoms with Crippen molar-refractivity contribution in [3.8, 4) is 0 Å². The second kappa shape index (κ2) is 9.88. The van der Waals surface area contributed by atoms with Gasteiger partial charge in [-0.3, -0.25) is 9.59 Å². The molecule has 0 bridgehead atoms. The summed E-state index contributed by atoms with van der Waals surface area (Å²) in [6.45, 7) is 3.54. The molecule has 3 aromatic carbocycles. The fourth-order valence-electron chi connectivity index (χ4n) is 3.58. The van der Waals surface area contributed by atoms with Crippen LogP contribution in [-0.4, -0.2) is 21.8 Å². The molecule has 6 nitrogen and oxygen atoms in total. The zero-order valence-corrected chi connectivity index (χ0v) is 19.1. The van der Waals surface area contributed by atoms with Crippen LogP contribution in [0, 0.1) is 6.92 Å². The summed E-state index contributed by atoms with van der Waals surface area (Å²) in [5.41, 5.74) is 3.75. The number of esters is 1. The van der Waals surface area contributed by atoms with Crippen molar-refractivity contribution in [2.45, 2.75) is 33.0 Å². The summed E-state index contributed by atoms with van der Waals surface area (Å²) in [7, 11) is 0. The number of aromatic nitrogens is 1. The summed E-state index contributed by atoms with van der Waals surface area (Å²) < 4.78 is 11.3. The van der Waals surface area contributed by atoms with E-state index in [-0.39, 0.29) is 13.1 Å². The quantitative estimate of drug-likeness (QED) is 0.333. The molecule has 1 aromatic heterocycles. The van der Waals surface area contributed by atoms with E-state index in [1.165, 1.54) is 6.92 Å². The zero-order chi connectivity index (χ0) is 23.4. The standard InChI is InChI=1S/C26H23ClN2O4/c1-17-12-13-23-22(14-17)28-24(33-23)16-29(15-20-10-6-7-11-21(20)27)26(31)25(32-18(2)30)19-8-4-3-5-9-19/h3-14,25H,15-16H2,1-2H3/t25-/m0/s1. The van der Waals surface area contributed by atoms with Crippen LogP contribution in [0.2, 0.25) is 5.02 Å². The first-order valence-electron chi connectivity index (χ1n) is 10.5. The van der Waals surface area contributed by atoms with Gasteiger partial charge in [0.2, 0.25) is 12.0 Å². The van der Waals surface area contributed by atoms with E-state index in [2.05, 4.69) is 4.98 Å². The topological polar surface area (TPSA) is 72.6 Å². The van der Waals surface area contributed by atoms with E-state index in [9.17, 15) is 9.59 Å². The fraction of sp³-hybridized carbons (Fsp3) is 0.192. The molecule has 1 atom stereocenters. The summed E-state index contributed by atoms with van der Waals surface area (Å²) in [4.78, 5) is 31.6. The number of benzene rings is 3. The van der Waals surface area contributed by atoms with Gasteiger partial charge in [-0.15, -0.1) is 0 Å². The molecule has 0 fully saturated rings. The first-order chi connectivity index (χ1) is 15.9. The molecule has 0 N–H and O–H groups in total. The van der Waals surface area contributed by atoms with Gasteiger partial charge in [-0.05, 0) is 36.2 Å². The van der Waals surface area contributed by atoms with Crippen LogP contribution in [0.5, 0.6) is 0 Å². The van der Waals surface area contributed by atoms with Gasteiger partial charge in [0, 0.05) is 24.1 Å². The lowest BCUT2D eigenvalue weighted by molar-refractivity contribution is -0.160. The Morgan fingerprint density at radius 1 is 1.03 bits per heavy atom. The average molecular weight is 463 g/mol. The molecule has 0 aliphatic heterocycles. The molecule has 0 radical (unpaired) electrons. The third-order valence-electron chi connectivity index (χ3n) is 5.15. The Kier molecular flexibility index (Phi) is 6.75. The molecular weight excluding hydrogens is 440 g/mol. The van der Waals surface area contributed by atoms with E-state index in [4.69, 9.17) is 20.8 Å². The number of aryl methyl sites for hydroxylation is 1. The van der Waals surface area contributed by atoms with E-state index in [0.29, 0.717) is 22.1 Å². The van der Waals surface area contributed by atoms with Crippen molar-refractivity contribution in [1.82, 2.24) is 9.88 Å². The van der Waals surface area contributed by atoms with Gasteiger partial charge >= 0.3 is 5.97 Å². The fourth-order valence-corrected chi connectivity index (χ4v) is 3.78. The summed E-state index contributed by atoms with van der Waals surface area (Å²) >= 11 is 6.38. The number of fused-ring (bicyclic) bond motifs is 1. The number of hydrogen-bond donors (Lipinski definition) is 0. The molecule has 168 valence electrons. The maximum absolute atomic E-state index is 13.7. The number of hydrogen-bond acceptors (Lipinski definition) is 5. The SMILES string of the molecule is CC(=O)O[C@H](C(=O)N(Cc1nc2cc(C)ccc2o1)Cc1ccccc1Cl)c1ccccc1. The second-order valence-corrected chi connectivity index (χ2v) is 8.17. The molecule has 33 heavy (non-hydrogen) atoms. The van der Waals surface area contributed by atoms with Crippen molar-refractivity contribution in [2.24, 2.45) is 0 Å². The van der Waals surface area contributed by atoms with Crippen molar-refractivity contribution in [3.05, 3.63) is 100 Å². The van der Waals surface area contributed by atoms with Crippen molar-refractivity contribution in [1.29, 1.82) is 0 Å². The van der Waals surface area contributed by atoms with Crippen molar-refractivity contribution in [3.63, 3.8) is 0 Å². The predicted octanol–water partition coefficient (Wildman–Crippen LogP) is 5.62. The largest absolute Gasteiger partial charge is 0.447 e. The Balaban J connectivity index is 1.70. The number of carbonyl (C=O) groups is 2. The summed E-state index contributed by atoms with van der Waals surface area (Å²) in [6.07, 6.45) is -1.10. The minimum Gasteiger partial charge on any atom is -0.447 e. The number of halogens is 1. The first kappa shape index (κ1) is 22.6. The summed E-state index contributed by atoms with van der Waals surface area (Å²) in [5.74, 6) is -0.562. The van der Waals surface area contributed by atoms with E-state index in [1.54, 1.807) is 35.2 Å².